The fraction of sp³-hybridized carbons (Fsp3) is 0.286. The lowest BCUT2D eigenvalue weighted by Crippen LogP contribution is -2.27. The van der Waals surface area contributed by atoms with E-state index in [0.29, 0.717) is 23.1 Å². The van der Waals surface area contributed by atoms with E-state index in [2.05, 4.69) is 4.90 Å². The van der Waals surface area contributed by atoms with Gasteiger partial charge in [-0.2, -0.15) is 0 Å². The Bertz CT molecular complexity index is 1450. The molecule has 9 heteroatoms. The molecule has 9 nitrogen and oxygen atoms in total. The van der Waals surface area contributed by atoms with E-state index in [1.54, 1.807) is 14.2 Å². The van der Waals surface area contributed by atoms with Gasteiger partial charge in [0.25, 0.3) is 0 Å². The zero-order valence-electron chi connectivity index (χ0n) is 21.5. The Morgan fingerprint density at radius 1 is 0.919 bits per heavy atom. The molecule has 0 radical (unpaired) electrons. The van der Waals surface area contributed by atoms with Crippen molar-refractivity contribution in [2.45, 2.75) is 12.5 Å². The summed E-state index contributed by atoms with van der Waals surface area (Å²) in [6, 6.07) is 15.9. The van der Waals surface area contributed by atoms with Crippen LogP contribution in [0.2, 0.25) is 0 Å². The fourth-order valence-electron chi connectivity index (χ4n) is 4.47. The Labute approximate surface area is 216 Å². The van der Waals surface area contributed by atoms with Gasteiger partial charge in [-0.25, -0.2) is 19.9 Å². The number of nitrogens with two attached hydrogens (primary N) is 1. The van der Waals surface area contributed by atoms with Gasteiger partial charge in [-0.05, 0) is 48.9 Å². The number of hydrogen-bond acceptors (Lipinski definition) is 9. The van der Waals surface area contributed by atoms with Gasteiger partial charge >= 0.3 is 0 Å². The number of methoxy groups -OCH3 is 2. The second-order valence-corrected chi connectivity index (χ2v) is 9.18. The maximum absolute atomic E-state index is 6.19. The van der Waals surface area contributed by atoms with Gasteiger partial charge in [0.2, 0.25) is 0 Å². The number of rotatable bonds is 7. The summed E-state index contributed by atoms with van der Waals surface area (Å²) in [7, 11) is 7.20. The van der Waals surface area contributed by atoms with Crippen molar-refractivity contribution in [1.82, 2.24) is 19.9 Å². The van der Waals surface area contributed by atoms with Crippen molar-refractivity contribution in [2.75, 3.05) is 51.2 Å². The number of para-hydroxylation sites is 1. The van der Waals surface area contributed by atoms with Crippen LogP contribution in [0.25, 0.3) is 34.3 Å². The minimum Gasteiger partial charge on any atom is -0.493 e. The van der Waals surface area contributed by atoms with Gasteiger partial charge in [0, 0.05) is 50.2 Å². The molecule has 1 fully saturated rings. The summed E-state index contributed by atoms with van der Waals surface area (Å²) in [5, 5.41) is 1.00. The maximum Gasteiger partial charge on any atom is 0.161 e. The highest BCUT2D eigenvalue weighted by Gasteiger charge is 2.22. The van der Waals surface area contributed by atoms with Crippen molar-refractivity contribution in [3.05, 3.63) is 60.2 Å². The van der Waals surface area contributed by atoms with Crippen molar-refractivity contribution in [3.8, 4) is 22.8 Å². The smallest absolute Gasteiger partial charge is 0.161 e. The molecular weight excluding hydrogens is 466 g/mol. The van der Waals surface area contributed by atoms with E-state index in [9.17, 15) is 0 Å². The largest absolute Gasteiger partial charge is 0.493 e. The zero-order valence-corrected chi connectivity index (χ0v) is 21.5. The lowest BCUT2D eigenvalue weighted by molar-refractivity contribution is 0.355. The molecule has 5 rings (SSSR count). The first-order valence-corrected chi connectivity index (χ1v) is 12.2. The summed E-state index contributed by atoms with van der Waals surface area (Å²) in [6.07, 6.45) is 4.64. The molecule has 0 saturated carbocycles. The van der Waals surface area contributed by atoms with Crippen LogP contribution in [0.1, 0.15) is 18.1 Å². The molecule has 190 valence electrons. The average molecular weight is 498 g/mol. The average Bonchev–Trinajstić information content (AvgIpc) is 3.37. The molecule has 4 aromatic rings. The van der Waals surface area contributed by atoms with Gasteiger partial charge in [-0.15, -0.1) is 0 Å². The summed E-state index contributed by atoms with van der Waals surface area (Å²) < 4.78 is 10.9. The number of anilines is 2. The molecule has 1 aliphatic rings. The van der Waals surface area contributed by atoms with Gasteiger partial charge < -0.3 is 25.0 Å². The third-order valence-electron chi connectivity index (χ3n) is 6.36. The summed E-state index contributed by atoms with van der Waals surface area (Å²) in [6.45, 7) is 1.61. The molecular formula is C28H31N7O2. The van der Waals surface area contributed by atoms with Crippen LogP contribution in [-0.2, 0) is 0 Å². The van der Waals surface area contributed by atoms with E-state index < -0.39 is 0 Å². The van der Waals surface area contributed by atoms with Crippen molar-refractivity contribution in [2.24, 2.45) is 5.73 Å². The van der Waals surface area contributed by atoms with Crippen LogP contribution in [-0.4, -0.2) is 67.4 Å². The second kappa shape index (κ2) is 10.4. The Hall–Kier alpha value is -4.24. The van der Waals surface area contributed by atoms with Gasteiger partial charge in [0.15, 0.2) is 23.1 Å². The van der Waals surface area contributed by atoms with Gasteiger partial charge in [0.1, 0.15) is 11.6 Å². The molecule has 1 unspecified atom stereocenters. The SMILES string of the molecule is COc1ccc(-c2cc(N3CCC(N)C3)nc(/C=C/c3nc(N(C)C)c4ccccc4n3)n2)cc1OC. The number of nitrogens with zero attached hydrogens (tertiary/aromatic N) is 6. The molecule has 0 aliphatic carbocycles. The quantitative estimate of drug-likeness (QED) is 0.407. The first-order valence-electron chi connectivity index (χ1n) is 12.2. The molecule has 2 aromatic heterocycles. The highest BCUT2D eigenvalue weighted by molar-refractivity contribution is 5.90. The lowest BCUT2D eigenvalue weighted by atomic mass is 10.1. The monoisotopic (exact) mass is 497 g/mol. The predicted octanol–water partition coefficient (Wildman–Crippen LogP) is 3.88. The molecule has 1 saturated heterocycles. The van der Waals surface area contributed by atoms with Gasteiger partial charge in [-0.3, -0.25) is 0 Å². The number of fused-ring (bicyclic) bond motifs is 1. The molecule has 3 heterocycles. The van der Waals surface area contributed by atoms with Crippen LogP contribution >= 0.6 is 0 Å². The minimum absolute atomic E-state index is 0.133. The van der Waals surface area contributed by atoms with E-state index in [0.717, 1.165) is 53.3 Å². The zero-order chi connectivity index (χ0) is 25.9. The van der Waals surface area contributed by atoms with Gasteiger partial charge in [-0.1, -0.05) is 12.1 Å². The number of benzene rings is 2. The van der Waals surface area contributed by atoms with E-state index in [1.807, 2.05) is 79.7 Å². The Morgan fingerprint density at radius 3 is 2.38 bits per heavy atom. The van der Waals surface area contributed by atoms with Crippen LogP contribution in [0.3, 0.4) is 0 Å². The highest BCUT2D eigenvalue weighted by Crippen LogP contribution is 2.33. The van der Waals surface area contributed by atoms with E-state index in [4.69, 9.17) is 35.1 Å². The molecule has 37 heavy (non-hydrogen) atoms. The number of hydrogen-bond donors (Lipinski definition) is 1. The van der Waals surface area contributed by atoms with Crippen LogP contribution in [0.5, 0.6) is 11.5 Å². The van der Waals surface area contributed by atoms with E-state index in [-0.39, 0.29) is 6.04 Å². The summed E-state index contributed by atoms with van der Waals surface area (Å²) in [5.74, 6) is 4.15. The molecule has 1 aliphatic heterocycles. The molecule has 1 atom stereocenters. The van der Waals surface area contributed by atoms with Crippen LogP contribution in [0.4, 0.5) is 11.6 Å². The third-order valence-corrected chi connectivity index (χ3v) is 6.36. The second-order valence-electron chi connectivity index (χ2n) is 9.18. The Balaban J connectivity index is 1.57. The van der Waals surface area contributed by atoms with Crippen LogP contribution < -0.4 is 25.0 Å². The molecule has 0 amide bonds. The Morgan fingerprint density at radius 2 is 1.68 bits per heavy atom. The molecule has 0 spiro atoms. The summed E-state index contributed by atoms with van der Waals surface area (Å²) in [4.78, 5) is 23.4. The predicted molar refractivity (Wildman–Crippen MR) is 148 cm³/mol. The number of aromatic nitrogens is 4. The topological polar surface area (TPSA) is 103 Å². The van der Waals surface area contributed by atoms with Crippen molar-refractivity contribution in [1.29, 1.82) is 0 Å². The first kappa shape index (κ1) is 24.5. The van der Waals surface area contributed by atoms with Crippen LogP contribution in [0, 0.1) is 0 Å². The normalized spacial score (nSPS) is 15.5. The standard InChI is InChI=1S/C28H31N7O2/c1-34(2)28-20-7-5-6-8-21(20)30-26(33-28)12-11-25-31-22(16-27(32-25)35-14-13-19(29)17-35)18-9-10-23(36-3)24(15-18)37-4/h5-12,15-16,19H,13-14,17,29H2,1-4H3/b12-11+. The highest BCUT2D eigenvalue weighted by atomic mass is 16.5. The van der Waals surface area contributed by atoms with Crippen molar-refractivity contribution >= 4 is 34.7 Å². The summed E-state index contributed by atoms with van der Waals surface area (Å²) in [5.41, 5.74) is 8.75. The van der Waals surface area contributed by atoms with E-state index >= 15 is 0 Å². The third kappa shape index (κ3) is 5.17. The molecule has 2 aromatic carbocycles. The first-order chi connectivity index (χ1) is 17.9. The maximum atomic E-state index is 6.19. The fourth-order valence-corrected chi connectivity index (χ4v) is 4.47. The van der Waals surface area contributed by atoms with Crippen LogP contribution in [0.15, 0.2) is 48.5 Å². The van der Waals surface area contributed by atoms with Crippen molar-refractivity contribution in [3.63, 3.8) is 0 Å². The Kier molecular flexibility index (Phi) is 6.87. The van der Waals surface area contributed by atoms with Gasteiger partial charge in [0.05, 0.1) is 25.4 Å². The van der Waals surface area contributed by atoms with Crippen molar-refractivity contribution < 1.29 is 9.47 Å². The minimum atomic E-state index is 0.133. The summed E-state index contributed by atoms with van der Waals surface area (Å²) >= 11 is 0. The number of ether oxygens (including phenoxy) is 2. The molecule has 0 bridgehead atoms. The lowest BCUT2D eigenvalue weighted by Gasteiger charge is -2.18. The molecule has 2 N–H and O–H groups in total. The van der Waals surface area contributed by atoms with E-state index in [1.165, 1.54) is 0 Å².